The Labute approximate surface area is 159 Å². The summed E-state index contributed by atoms with van der Waals surface area (Å²) in [4.78, 5) is 0. The maximum absolute atomic E-state index is 10.8. The molecule has 4 aromatic carbocycles. The summed E-state index contributed by atoms with van der Waals surface area (Å²) in [6.07, 6.45) is 0. The summed E-state index contributed by atoms with van der Waals surface area (Å²) >= 11 is 0. The van der Waals surface area contributed by atoms with Gasteiger partial charge in [0.05, 0.1) is 12.7 Å². The molecule has 0 heterocycles. The third-order valence-corrected chi connectivity index (χ3v) is 8.21. The first kappa shape index (κ1) is 17.3. The van der Waals surface area contributed by atoms with Crippen LogP contribution >= 0.6 is 7.05 Å². The Balaban J connectivity index is 2.17. The zero-order valence-corrected chi connectivity index (χ0v) is 15.7. The number of benzene rings is 4. The highest BCUT2D eigenvalue weighted by Crippen LogP contribution is 2.50. The van der Waals surface area contributed by atoms with Crippen LogP contribution in [0.3, 0.4) is 0 Å². The van der Waals surface area contributed by atoms with E-state index in [1.54, 1.807) is 6.07 Å². The van der Waals surface area contributed by atoms with Crippen molar-refractivity contribution in [2.45, 2.75) is 0 Å². The molecule has 0 saturated heterocycles. The van der Waals surface area contributed by atoms with Gasteiger partial charge >= 0.3 is 0 Å². The molecule has 0 atom stereocenters. The minimum absolute atomic E-state index is 0.276. The lowest BCUT2D eigenvalue weighted by Crippen LogP contribution is -2.25. The molecule has 4 aromatic rings. The van der Waals surface area contributed by atoms with Gasteiger partial charge in [-0.05, 0) is 24.3 Å². The van der Waals surface area contributed by atoms with Gasteiger partial charge in [-0.1, -0.05) is 91.0 Å². The van der Waals surface area contributed by atoms with Crippen LogP contribution in [0.15, 0.2) is 120 Å². The molecular formula is C24H20NOP. The molecule has 0 spiro atoms. The van der Waals surface area contributed by atoms with Crippen LogP contribution in [-0.4, -0.2) is 5.11 Å². The molecule has 0 aliphatic rings. The van der Waals surface area contributed by atoms with Gasteiger partial charge in [-0.15, -0.1) is 0 Å². The predicted octanol–water partition coefficient (Wildman–Crippen LogP) is 5.20. The van der Waals surface area contributed by atoms with Crippen molar-refractivity contribution < 1.29 is 5.11 Å². The largest absolute Gasteiger partial charge is 0.507 e. The Bertz CT molecular complexity index is 1030. The molecule has 27 heavy (non-hydrogen) atoms. The van der Waals surface area contributed by atoms with Gasteiger partial charge in [-0.3, -0.25) is 4.74 Å². The second-order valence-corrected chi connectivity index (χ2v) is 9.22. The number of para-hydroxylation sites is 1. The van der Waals surface area contributed by atoms with Crippen molar-refractivity contribution in [3.8, 4) is 5.75 Å². The standard InChI is InChI=1S/C24H20NOP/c26-23-18-10-11-19-24(23)27(21-14-6-2-7-15-21,22-16-8-3-9-17-22)25-20-12-4-1-5-13-20/h1-19,26H. The number of phenolic OH excluding ortho intramolecular Hbond substituents is 1. The van der Waals surface area contributed by atoms with Gasteiger partial charge in [0.1, 0.15) is 5.75 Å². The molecule has 0 unspecified atom stereocenters. The Morgan fingerprint density at radius 1 is 0.519 bits per heavy atom. The van der Waals surface area contributed by atoms with Crippen molar-refractivity contribution in [3.63, 3.8) is 0 Å². The number of phenols is 1. The first-order chi connectivity index (χ1) is 13.3. The average Bonchev–Trinajstić information content (AvgIpc) is 2.75. The molecule has 0 bridgehead atoms. The van der Waals surface area contributed by atoms with E-state index in [1.165, 1.54) is 0 Å². The first-order valence-corrected chi connectivity index (χ1v) is 10.6. The topological polar surface area (TPSA) is 32.6 Å². The molecule has 1 N–H and O–H groups in total. The number of aromatic hydroxyl groups is 1. The molecule has 0 radical (unpaired) electrons. The molecule has 0 fully saturated rings. The zero-order chi connectivity index (χ0) is 18.5. The van der Waals surface area contributed by atoms with E-state index in [-0.39, 0.29) is 5.75 Å². The first-order valence-electron chi connectivity index (χ1n) is 8.88. The molecular weight excluding hydrogens is 349 g/mol. The summed E-state index contributed by atoms with van der Waals surface area (Å²) in [5.41, 5.74) is 0.904. The van der Waals surface area contributed by atoms with Crippen molar-refractivity contribution in [1.29, 1.82) is 0 Å². The van der Waals surface area contributed by atoms with Gasteiger partial charge in [0.2, 0.25) is 0 Å². The van der Waals surface area contributed by atoms with Gasteiger partial charge < -0.3 is 5.11 Å². The Morgan fingerprint density at radius 3 is 1.48 bits per heavy atom. The third kappa shape index (κ3) is 3.32. The van der Waals surface area contributed by atoms with E-state index < -0.39 is 7.05 Å². The number of hydrogen-bond donors (Lipinski definition) is 1. The van der Waals surface area contributed by atoms with Crippen molar-refractivity contribution in [3.05, 3.63) is 115 Å². The number of nitrogens with zero attached hydrogens (tertiary/aromatic N) is 1. The fourth-order valence-electron chi connectivity index (χ4n) is 3.29. The predicted molar refractivity (Wildman–Crippen MR) is 115 cm³/mol. The molecule has 4 rings (SSSR count). The van der Waals surface area contributed by atoms with E-state index in [4.69, 9.17) is 4.74 Å². The normalized spacial score (nSPS) is 11.1. The van der Waals surface area contributed by atoms with Crippen molar-refractivity contribution in [2.24, 2.45) is 4.74 Å². The van der Waals surface area contributed by atoms with Gasteiger partial charge in [-0.25, -0.2) is 0 Å². The number of hydrogen-bond acceptors (Lipinski definition) is 2. The molecule has 0 saturated carbocycles. The summed E-state index contributed by atoms with van der Waals surface area (Å²) in [5.74, 6) is 0.276. The van der Waals surface area contributed by atoms with Crippen molar-refractivity contribution in [2.75, 3.05) is 0 Å². The van der Waals surface area contributed by atoms with Crippen molar-refractivity contribution in [1.82, 2.24) is 0 Å². The maximum Gasteiger partial charge on any atom is 0.125 e. The Hall–Kier alpha value is -3.09. The molecule has 3 heteroatoms. The monoisotopic (exact) mass is 369 g/mol. The molecule has 0 aliphatic heterocycles. The van der Waals surface area contributed by atoms with E-state index in [0.717, 1.165) is 21.6 Å². The van der Waals surface area contributed by atoms with E-state index >= 15 is 0 Å². The fraction of sp³-hybridized carbons (Fsp3) is 0. The highest BCUT2D eigenvalue weighted by atomic mass is 31.2. The minimum Gasteiger partial charge on any atom is -0.507 e. The van der Waals surface area contributed by atoms with Gasteiger partial charge in [0.25, 0.3) is 0 Å². The Morgan fingerprint density at radius 2 is 0.963 bits per heavy atom. The Kier molecular flexibility index (Phi) is 4.91. The highest BCUT2D eigenvalue weighted by Gasteiger charge is 2.29. The van der Waals surface area contributed by atoms with Crippen LogP contribution in [0.2, 0.25) is 0 Å². The summed E-state index contributed by atoms with van der Waals surface area (Å²) < 4.78 is 5.31. The molecule has 0 aromatic heterocycles. The van der Waals surface area contributed by atoms with Crippen LogP contribution < -0.4 is 15.9 Å². The average molecular weight is 369 g/mol. The highest BCUT2D eigenvalue weighted by molar-refractivity contribution is 7.87. The summed E-state index contributed by atoms with van der Waals surface area (Å²) in [7, 11) is -2.44. The van der Waals surface area contributed by atoms with Crippen LogP contribution in [0.5, 0.6) is 5.75 Å². The quantitative estimate of drug-likeness (QED) is 0.493. The maximum atomic E-state index is 10.8. The lowest BCUT2D eigenvalue weighted by Gasteiger charge is -2.27. The SMILES string of the molecule is Oc1ccccc1P(=Nc1ccccc1)(c1ccccc1)c1ccccc1. The second-order valence-electron chi connectivity index (χ2n) is 6.23. The molecule has 0 amide bonds. The van der Waals surface area contributed by atoms with Crippen LogP contribution in [0.4, 0.5) is 5.69 Å². The molecule has 0 aliphatic carbocycles. The van der Waals surface area contributed by atoms with E-state index in [1.807, 2.05) is 84.9 Å². The molecule has 132 valence electrons. The number of rotatable bonds is 4. The van der Waals surface area contributed by atoms with Crippen molar-refractivity contribution >= 4 is 28.7 Å². The van der Waals surface area contributed by atoms with Crippen LogP contribution in [0.1, 0.15) is 0 Å². The zero-order valence-electron chi connectivity index (χ0n) is 14.8. The van der Waals surface area contributed by atoms with E-state index in [9.17, 15) is 5.11 Å². The lowest BCUT2D eigenvalue weighted by molar-refractivity contribution is 0.480. The van der Waals surface area contributed by atoms with Gasteiger partial charge in [0, 0.05) is 15.9 Å². The van der Waals surface area contributed by atoms with E-state index in [0.29, 0.717) is 0 Å². The third-order valence-electron chi connectivity index (χ3n) is 4.51. The van der Waals surface area contributed by atoms with Crippen LogP contribution in [0.25, 0.3) is 0 Å². The molecule has 2 nitrogen and oxygen atoms in total. The van der Waals surface area contributed by atoms with Gasteiger partial charge in [-0.2, -0.15) is 0 Å². The summed E-state index contributed by atoms with van der Waals surface area (Å²) in [5, 5.41) is 13.9. The summed E-state index contributed by atoms with van der Waals surface area (Å²) in [6.45, 7) is 0. The summed E-state index contributed by atoms with van der Waals surface area (Å²) in [6, 6.07) is 38.2. The second kappa shape index (κ2) is 7.65. The van der Waals surface area contributed by atoms with Crippen LogP contribution in [0, 0.1) is 0 Å². The lowest BCUT2D eigenvalue weighted by atomic mass is 10.3. The van der Waals surface area contributed by atoms with Crippen LogP contribution in [-0.2, 0) is 0 Å². The smallest absolute Gasteiger partial charge is 0.125 e. The minimum atomic E-state index is -2.44. The fourth-order valence-corrected chi connectivity index (χ4v) is 6.88. The van der Waals surface area contributed by atoms with Gasteiger partial charge in [0.15, 0.2) is 0 Å². The van der Waals surface area contributed by atoms with E-state index in [2.05, 4.69) is 24.3 Å².